The molecule has 6 heteroatoms. The van der Waals surface area contributed by atoms with Gasteiger partial charge in [0.1, 0.15) is 5.82 Å². The van der Waals surface area contributed by atoms with Crippen LogP contribution in [0.25, 0.3) is 11.1 Å². The highest BCUT2D eigenvalue weighted by Crippen LogP contribution is 2.33. The maximum Gasteiger partial charge on any atom is 0.123 e. The summed E-state index contributed by atoms with van der Waals surface area (Å²) in [6, 6.07) is 11.6. The van der Waals surface area contributed by atoms with Crippen molar-refractivity contribution in [3.8, 4) is 11.1 Å². The predicted molar refractivity (Wildman–Crippen MR) is 136 cm³/mol. The maximum absolute atomic E-state index is 13.5. The zero-order valence-electron chi connectivity index (χ0n) is 19.5. The Labute approximate surface area is 206 Å². The molecule has 0 atom stereocenters. The Morgan fingerprint density at radius 1 is 1.00 bits per heavy atom. The largest absolute Gasteiger partial charge is 0.380 e. The third kappa shape index (κ3) is 5.76. The lowest BCUT2D eigenvalue weighted by molar-refractivity contribution is 0.164. The van der Waals surface area contributed by atoms with Crippen LogP contribution in [0.15, 0.2) is 55.0 Å². The van der Waals surface area contributed by atoms with E-state index in [0.717, 1.165) is 40.5 Å². The summed E-state index contributed by atoms with van der Waals surface area (Å²) in [7, 11) is 0. The molecule has 1 aromatic carbocycles. The lowest BCUT2D eigenvalue weighted by atomic mass is 9.82. The van der Waals surface area contributed by atoms with Crippen molar-refractivity contribution >= 4 is 17.3 Å². The fraction of sp³-hybridized carbons (Fsp3) is 0.429. The van der Waals surface area contributed by atoms with Gasteiger partial charge in [-0.05, 0) is 93.8 Å². The Hall–Kier alpha value is -2.50. The minimum atomic E-state index is -0.230. The molecular formula is C28H32ClFN4. The first kappa shape index (κ1) is 23.3. The van der Waals surface area contributed by atoms with E-state index in [1.54, 1.807) is 18.5 Å². The van der Waals surface area contributed by atoms with Gasteiger partial charge in [-0.2, -0.15) is 0 Å². The number of nitrogens with one attached hydrogen (secondary N) is 1. The second kappa shape index (κ2) is 10.8. The van der Waals surface area contributed by atoms with E-state index in [1.807, 2.05) is 18.3 Å². The molecule has 2 aromatic heterocycles. The van der Waals surface area contributed by atoms with Gasteiger partial charge in [-0.15, -0.1) is 0 Å². The van der Waals surface area contributed by atoms with E-state index >= 15 is 0 Å². The summed E-state index contributed by atoms with van der Waals surface area (Å²) in [5.74, 6) is 0.463. The second-order valence-corrected chi connectivity index (χ2v) is 10.1. The van der Waals surface area contributed by atoms with Gasteiger partial charge in [0.2, 0.25) is 0 Å². The number of hydrogen-bond acceptors (Lipinski definition) is 4. The van der Waals surface area contributed by atoms with Crippen molar-refractivity contribution in [3.05, 3.63) is 77.1 Å². The fourth-order valence-electron chi connectivity index (χ4n) is 5.47. The van der Waals surface area contributed by atoms with Crippen LogP contribution in [-0.4, -0.2) is 34.0 Å². The van der Waals surface area contributed by atoms with E-state index in [-0.39, 0.29) is 5.82 Å². The van der Waals surface area contributed by atoms with Crippen LogP contribution < -0.4 is 5.32 Å². The van der Waals surface area contributed by atoms with Crippen LogP contribution in [-0.2, 0) is 13.0 Å². The molecule has 0 unspecified atom stereocenters. The van der Waals surface area contributed by atoms with E-state index in [9.17, 15) is 4.39 Å². The number of hydrogen-bond donors (Lipinski definition) is 1. The summed E-state index contributed by atoms with van der Waals surface area (Å²) in [6.07, 6.45) is 14.3. The summed E-state index contributed by atoms with van der Waals surface area (Å²) >= 11 is 6.55. The molecule has 1 aliphatic carbocycles. The minimum Gasteiger partial charge on any atom is -0.380 e. The zero-order valence-corrected chi connectivity index (χ0v) is 20.3. The Bertz CT molecular complexity index is 1110. The quantitative estimate of drug-likeness (QED) is 0.408. The molecule has 1 aliphatic heterocycles. The molecule has 2 aliphatic rings. The normalized spacial score (nSPS) is 21.0. The standard InChI is InChI=1S/C28H32ClFN4/c29-28-19-33-24(13-20-6-8-26(9-7-20)34-10-1-2-11-34)15-27(28)22-14-25(18-31-17-22)32-16-21-4-3-5-23(30)12-21/h3-5,12,14-15,17-20,26,32H,1-2,6-11,13,16H2. The molecule has 3 aromatic rings. The number of anilines is 1. The van der Waals surface area contributed by atoms with Crippen LogP contribution in [0.2, 0.25) is 5.02 Å². The number of nitrogens with zero attached hydrogens (tertiary/aromatic N) is 3. The highest BCUT2D eigenvalue weighted by molar-refractivity contribution is 6.33. The Kier molecular flexibility index (Phi) is 7.41. The van der Waals surface area contributed by atoms with Gasteiger partial charge >= 0.3 is 0 Å². The van der Waals surface area contributed by atoms with Crippen molar-refractivity contribution in [2.24, 2.45) is 5.92 Å². The van der Waals surface area contributed by atoms with Crippen molar-refractivity contribution in [3.63, 3.8) is 0 Å². The maximum atomic E-state index is 13.5. The summed E-state index contributed by atoms with van der Waals surface area (Å²) in [5.41, 5.74) is 4.77. The molecule has 0 amide bonds. The molecule has 3 heterocycles. The molecule has 1 saturated carbocycles. The van der Waals surface area contributed by atoms with Crippen LogP contribution in [0.4, 0.5) is 10.1 Å². The monoisotopic (exact) mass is 478 g/mol. The molecule has 2 fully saturated rings. The van der Waals surface area contributed by atoms with Gasteiger partial charge in [0, 0.05) is 48.0 Å². The van der Waals surface area contributed by atoms with Crippen LogP contribution in [0.5, 0.6) is 0 Å². The van der Waals surface area contributed by atoms with Gasteiger partial charge in [0.25, 0.3) is 0 Å². The molecule has 1 N–H and O–H groups in total. The SMILES string of the molecule is Fc1cccc(CNc2cncc(-c3cc(CC4CCC(N5CCCC5)CC4)ncc3Cl)c2)c1. The van der Waals surface area contributed by atoms with Crippen molar-refractivity contribution in [1.82, 2.24) is 14.9 Å². The summed E-state index contributed by atoms with van der Waals surface area (Å²) in [6.45, 7) is 3.11. The summed E-state index contributed by atoms with van der Waals surface area (Å²) < 4.78 is 13.5. The lowest BCUT2D eigenvalue weighted by Gasteiger charge is -2.34. The van der Waals surface area contributed by atoms with Gasteiger partial charge in [0.15, 0.2) is 0 Å². The molecule has 0 spiro atoms. The number of pyridine rings is 2. The van der Waals surface area contributed by atoms with E-state index in [2.05, 4.69) is 26.3 Å². The Balaban J connectivity index is 1.23. The van der Waals surface area contributed by atoms with Crippen molar-refractivity contribution in [2.45, 2.75) is 57.5 Å². The molecule has 1 saturated heterocycles. The number of halogens is 2. The average Bonchev–Trinajstić information content (AvgIpc) is 3.40. The lowest BCUT2D eigenvalue weighted by Crippen LogP contribution is -2.36. The van der Waals surface area contributed by atoms with Crippen molar-refractivity contribution in [1.29, 1.82) is 0 Å². The highest BCUT2D eigenvalue weighted by Gasteiger charge is 2.27. The number of rotatable bonds is 7. The highest BCUT2D eigenvalue weighted by atomic mass is 35.5. The molecule has 4 nitrogen and oxygen atoms in total. The predicted octanol–water partition coefficient (Wildman–Crippen LogP) is 6.75. The summed E-state index contributed by atoms with van der Waals surface area (Å²) in [4.78, 5) is 11.8. The van der Waals surface area contributed by atoms with Crippen LogP contribution >= 0.6 is 11.6 Å². The van der Waals surface area contributed by atoms with Gasteiger partial charge in [0.05, 0.1) is 10.7 Å². The van der Waals surface area contributed by atoms with E-state index in [1.165, 1.54) is 63.7 Å². The minimum absolute atomic E-state index is 0.230. The Morgan fingerprint density at radius 2 is 1.82 bits per heavy atom. The van der Waals surface area contributed by atoms with Gasteiger partial charge in [-0.3, -0.25) is 9.97 Å². The number of aromatic nitrogens is 2. The van der Waals surface area contributed by atoms with Gasteiger partial charge in [-0.25, -0.2) is 4.39 Å². The molecule has 0 bridgehead atoms. The van der Waals surface area contributed by atoms with Gasteiger partial charge in [-0.1, -0.05) is 23.7 Å². The molecule has 34 heavy (non-hydrogen) atoms. The first-order valence-electron chi connectivity index (χ1n) is 12.5. The van der Waals surface area contributed by atoms with Crippen LogP contribution in [0, 0.1) is 11.7 Å². The van der Waals surface area contributed by atoms with Crippen molar-refractivity contribution in [2.75, 3.05) is 18.4 Å². The first-order valence-corrected chi connectivity index (χ1v) is 12.8. The first-order chi connectivity index (χ1) is 16.6. The topological polar surface area (TPSA) is 41.1 Å². The number of benzene rings is 1. The van der Waals surface area contributed by atoms with E-state index in [0.29, 0.717) is 17.5 Å². The van der Waals surface area contributed by atoms with Crippen molar-refractivity contribution < 1.29 is 4.39 Å². The fourth-order valence-corrected chi connectivity index (χ4v) is 5.68. The molecule has 178 valence electrons. The summed E-state index contributed by atoms with van der Waals surface area (Å²) in [5, 5.41) is 3.96. The van der Waals surface area contributed by atoms with Crippen LogP contribution in [0.3, 0.4) is 0 Å². The molecule has 0 radical (unpaired) electrons. The third-order valence-electron chi connectivity index (χ3n) is 7.32. The molecule has 5 rings (SSSR count). The third-order valence-corrected chi connectivity index (χ3v) is 7.62. The molecular weight excluding hydrogens is 447 g/mol. The Morgan fingerprint density at radius 3 is 2.62 bits per heavy atom. The van der Waals surface area contributed by atoms with Crippen LogP contribution in [0.1, 0.15) is 49.8 Å². The average molecular weight is 479 g/mol. The second-order valence-electron chi connectivity index (χ2n) is 9.72. The zero-order chi connectivity index (χ0) is 23.3. The van der Waals surface area contributed by atoms with E-state index < -0.39 is 0 Å². The van der Waals surface area contributed by atoms with Gasteiger partial charge < -0.3 is 10.2 Å². The smallest absolute Gasteiger partial charge is 0.123 e. The number of likely N-dealkylation sites (tertiary alicyclic amines) is 1. The van der Waals surface area contributed by atoms with E-state index in [4.69, 9.17) is 11.6 Å².